The lowest BCUT2D eigenvalue weighted by atomic mass is 9.90. The van der Waals surface area contributed by atoms with Crippen LogP contribution in [0, 0.1) is 0 Å². The van der Waals surface area contributed by atoms with E-state index < -0.39 is 11.2 Å². The van der Waals surface area contributed by atoms with Crippen molar-refractivity contribution in [3.63, 3.8) is 0 Å². The fourth-order valence-corrected chi connectivity index (χ4v) is 1.51. The number of phenols is 1. The molecular formula is C12H18O3S. The number of phenolic OH excluding ortho intramolecular Hbond substituents is 1. The van der Waals surface area contributed by atoms with Gasteiger partial charge in [-0.3, -0.25) is 0 Å². The van der Waals surface area contributed by atoms with E-state index in [1.165, 1.54) is 12.0 Å². The Kier molecular flexibility index (Phi) is 3.88. The Labute approximate surface area is 101 Å². The van der Waals surface area contributed by atoms with Gasteiger partial charge in [-0.15, -0.1) is 0 Å². The quantitative estimate of drug-likeness (QED) is 0.797. The van der Waals surface area contributed by atoms with Gasteiger partial charge >= 0.3 is 0 Å². The van der Waals surface area contributed by atoms with E-state index >= 15 is 0 Å². The van der Waals surface area contributed by atoms with Crippen molar-refractivity contribution in [3.05, 3.63) is 24.3 Å². The Morgan fingerprint density at radius 3 is 2.00 bits per heavy atom. The SMILES string of the molecule is CC(C)(O)C(C)(C)OSc1ccc(O)cc1. The first-order valence-corrected chi connectivity index (χ1v) is 5.84. The van der Waals surface area contributed by atoms with Gasteiger partial charge in [0.15, 0.2) is 0 Å². The number of benzene rings is 1. The van der Waals surface area contributed by atoms with Gasteiger partial charge in [0, 0.05) is 16.9 Å². The van der Waals surface area contributed by atoms with Gasteiger partial charge in [-0.1, -0.05) is 0 Å². The maximum atomic E-state index is 9.89. The maximum Gasteiger partial charge on any atom is 0.115 e. The molecule has 3 nitrogen and oxygen atoms in total. The van der Waals surface area contributed by atoms with Gasteiger partial charge in [0.1, 0.15) is 11.4 Å². The third-order valence-electron chi connectivity index (χ3n) is 2.66. The summed E-state index contributed by atoms with van der Waals surface area (Å²) in [6.07, 6.45) is 0. The standard InChI is InChI=1S/C12H18O3S/c1-11(2,14)12(3,4)15-16-10-7-5-9(13)6-8-10/h5-8,13-14H,1-4H3. The summed E-state index contributed by atoms with van der Waals surface area (Å²) in [5.41, 5.74) is -1.58. The van der Waals surface area contributed by atoms with Crippen molar-refractivity contribution in [1.82, 2.24) is 0 Å². The largest absolute Gasteiger partial charge is 0.508 e. The zero-order chi connectivity index (χ0) is 12.4. The van der Waals surface area contributed by atoms with Gasteiger partial charge in [0.05, 0.1) is 5.60 Å². The zero-order valence-electron chi connectivity index (χ0n) is 10.0. The van der Waals surface area contributed by atoms with Gasteiger partial charge in [0.2, 0.25) is 0 Å². The lowest BCUT2D eigenvalue weighted by Crippen LogP contribution is -2.45. The van der Waals surface area contributed by atoms with Gasteiger partial charge in [-0.2, -0.15) is 0 Å². The number of hydrogen-bond donors (Lipinski definition) is 2. The average Bonchev–Trinajstić information content (AvgIpc) is 2.15. The minimum absolute atomic E-state index is 0.228. The van der Waals surface area contributed by atoms with Crippen LogP contribution in [0.2, 0.25) is 0 Å². The van der Waals surface area contributed by atoms with Crippen molar-refractivity contribution in [2.45, 2.75) is 43.8 Å². The van der Waals surface area contributed by atoms with E-state index in [0.29, 0.717) is 0 Å². The molecule has 1 rings (SSSR count). The molecule has 0 saturated carbocycles. The molecule has 0 saturated heterocycles. The molecule has 0 aromatic heterocycles. The second-order valence-corrected chi connectivity index (χ2v) is 5.53. The van der Waals surface area contributed by atoms with E-state index in [9.17, 15) is 5.11 Å². The van der Waals surface area contributed by atoms with Crippen LogP contribution in [0.15, 0.2) is 29.2 Å². The smallest absolute Gasteiger partial charge is 0.115 e. The Morgan fingerprint density at radius 1 is 1.06 bits per heavy atom. The van der Waals surface area contributed by atoms with Gasteiger partial charge in [-0.25, -0.2) is 0 Å². The molecule has 0 spiro atoms. The molecule has 16 heavy (non-hydrogen) atoms. The van der Waals surface area contributed by atoms with Crippen LogP contribution in [0.5, 0.6) is 5.75 Å². The summed E-state index contributed by atoms with van der Waals surface area (Å²) in [7, 11) is 0. The Hall–Kier alpha value is -0.710. The molecule has 0 bridgehead atoms. The maximum absolute atomic E-state index is 9.89. The molecule has 2 N–H and O–H groups in total. The Morgan fingerprint density at radius 2 is 1.56 bits per heavy atom. The van der Waals surface area contributed by atoms with E-state index in [1.807, 2.05) is 13.8 Å². The van der Waals surface area contributed by atoms with Crippen LogP contribution in [0.3, 0.4) is 0 Å². The molecule has 0 fully saturated rings. The van der Waals surface area contributed by atoms with Crippen LogP contribution in [-0.4, -0.2) is 21.4 Å². The predicted molar refractivity (Wildman–Crippen MR) is 65.4 cm³/mol. The summed E-state index contributed by atoms with van der Waals surface area (Å²) in [6, 6.07) is 6.73. The van der Waals surface area contributed by atoms with Gasteiger partial charge < -0.3 is 14.4 Å². The highest BCUT2D eigenvalue weighted by Crippen LogP contribution is 2.33. The van der Waals surface area contributed by atoms with Crippen LogP contribution >= 0.6 is 12.0 Å². The van der Waals surface area contributed by atoms with Gasteiger partial charge in [0.25, 0.3) is 0 Å². The van der Waals surface area contributed by atoms with Crippen molar-refractivity contribution < 1.29 is 14.4 Å². The van der Waals surface area contributed by atoms with E-state index in [0.717, 1.165) is 4.90 Å². The molecule has 90 valence electrons. The minimum atomic E-state index is -0.920. The number of rotatable bonds is 4. The summed E-state index contributed by atoms with van der Waals surface area (Å²) in [5, 5.41) is 19.0. The highest BCUT2D eigenvalue weighted by molar-refractivity contribution is 7.94. The fourth-order valence-electron chi connectivity index (χ4n) is 0.756. The molecule has 0 atom stereocenters. The van der Waals surface area contributed by atoms with Crippen LogP contribution in [-0.2, 0) is 4.18 Å². The zero-order valence-corrected chi connectivity index (χ0v) is 10.8. The van der Waals surface area contributed by atoms with Crippen LogP contribution in [0.4, 0.5) is 0 Å². The highest BCUT2D eigenvalue weighted by Gasteiger charge is 2.36. The van der Waals surface area contributed by atoms with Crippen molar-refractivity contribution in [1.29, 1.82) is 0 Å². The number of aromatic hydroxyl groups is 1. The summed E-state index contributed by atoms with van der Waals surface area (Å²) >= 11 is 1.19. The molecule has 0 aliphatic rings. The van der Waals surface area contributed by atoms with Crippen molar-refractivity contribution in [2.24, 2.45) is 0 Å². The normalized spacial score (nSPS) is 12.8. The van der Waals surface area contributed by atoms with E-state index in [2.05, 4.69) is 0 Å². The Bertz CT molecular complexity index is 338. The fraction of sp³-hybridized carbons (Fsp3) is 0.500. The summed E-state index contributed by atoms with van der Waals surface area (Å²) < 4.78 is 5.60. The first kappa shape index (κ1) is 13.4. The van der Waals surface area contributed by atoms with Gasteiger partial charge in [-0.05, 0) is 52.0 Å². The number of hydrogen-bond acceptors (Lipinski definition) is 4. The van der Waals surface area contributed by atoms with Crippen LogP contribution in [0.1, 0.15) is 27.7 Å². The third-order valence-corrected chi connectivity index (χ3v) is 3.62. The molecule has 0 heterocycles. The predicted octanol–water partition coefficient (Wildman–Crippen LogP) is 2.97. The lowest BCUT2D eigenvalue weighted by molar-refractivity contribution is -0.0813. The number of aliphatic hydroxyl groups is 1. The van der Waals surface area contributed by atoms with Crippen molar-refractivity contribution >= 4 is 12.0 Å². The van der Waals surface area contributed by atoms with E-state index in [-0.39, 0.29) is 5.75 Å². The average molecular weight is 242 g/mol. The molecule has 0 amide bonds. The molecule has 1 aromatic rings. The van der Waals surface area contributed by atoms with E-state index in [1.54, 1.807) is 38.1 Å². The summed E-state index contributed by atoms with van der Waals surface area (Å²) in [4.78, 5) is 0.884. The third kappa shape index (κ3) is 3.40. The Balaban J connectivity index is 2.61. The molecule has 0 unspecified atom stereocenters. The molecule has 0 aliphatic carbocycles. The second-order valence-electron chi connectivity index (χ2n) is 4.73. The molecular weight excluding hydrogens is 224 g/mol. The molecule has 0 radical (unpaired) electrons. The van der Waals surface area contributed by atoms with E-state index in [4.69, 9.17) is 9.29 Å². The monoisotopic (exact) mass is 242 g/mol. The van der Waals surface area contributed by atoms with Crippen LogP contribution < -0.4 is 0 Å². The molecule has 4 heteroatoms. The van der Waals surface area contributed by atoms with Crippen molar-refractivity contribution in [2.75, 3.05) is 0 Å². The summed E-state index contributed by atoms with van der Waals surface area (Å²) in [5.74, 6) is 0.228. The van der Waals surface area contributed by atoms with Crippen LogP contribution in [0.25, 0.3) is 0 Å². The second kappa shape index (κ2) is 4.65. The topological polar surface area (TPSA) is 49.7 Å². The summed E-state index contributed by atoms with van der Waals surface area (Å²) in [6.45, 7) is 7.09. The molecule has 1 aromatic carbocycles. The van der Waals surface area contributed by atoms with Crippen molar-refractivity contribution in [3.8, 4) is 5.75 Å². The highest BCUT2D eigenvalue weighted by atomic mass is 32.2. The minimum Gasteiger partial charge on any atom is -0.508 e. The first-order valence-electron chi connectivity index (χ1n) is 5.09. The molecule has 0 aliphatic heterocycles. The first-order chi connectivity index (χ1) is 7.22. The lowest BCUT2D eigenvalue weighted by Gasteiger charge is -2.35.